The first-order valence-corrected chi connectivity index (χ1v) is 7.69. The van der Waals surface area contributed by atoms with Gasteiger partial charge in [0.05, 0.1) is 6.04 Å². The average molecular weight is 340 g/mol. The van der Waals surface area contributed by atoms with Crippen molar-refractivity contribution in [1.82, 2.24) is 5.32 Å². The van der Waals surface area contributed by atoms with E-state index in [0.29, 0.717) is 6.42 Å². The third-order valence-electron chi connectivity index (χ3n) is 3.26. The van der Waals surface area contributed by atoms with Crippen LogP contribution in [0.3, 0.4) is 0 Å². The second-order valence-corrected chi connectivity index (χ2v) is 5.56. The molecule has 0 spiro atoms. The molecule has 0 saturated carbocycles. The quantitative estimate of drug-likeness (QED) is 0.829. The highest BCUT2D eigenvalue weighted by atomic mass is 79.9. The summed E-state index contributed by atoms with van der Waals surface area (Å²) in [6.07, 6.45) is 1.56. The highest BCUT2D eigenvalue weighted by molar-refractivity contribution is 9.10. The molecule has 0 radical (unpaired) electrons. The molecule has 1 atom stereocenters. The maximum Gasteiger partial charge on any atom is 0.123 e. The molecule has 2 aromatic rings. The lowest BCUT2D eigenvalue weighted by Crippen LogP contribution is -2.22. The van der Waals surface area contributed by atoms with Gasteiger partial charge in [-0.25, -0.2) is 4.39 Å². The van der Waals surface area contributed by atoms with Crippen molar-refractivity contribution in [2.24, 2.45) is 0 Å². The van der Waals surface area contributed by atoms with E-state index < -0.39 is 0 Å². The maximum absolute atomic E-state index is 13.4. The molecule has 1 unspecified atom stereocenters. The number of nitrogens with one attached hydrogen (secondary N) is 1. The summed E-state index contributed by atoms with van der Waals surface area (Å²) in [7, 11) is 0. The summed E-state index contributed by atoms with van der Waals surface area (Å²) in [5, 5.41) is 3.39. The molecule has 1 heterocycles. The zero-order valence-corrected chi connectivity index (χ0v) is 13.3. The number of furan rings is 1. The van der Waals surface area contributed by atoms with Gasteiger partial charge in [0.1, 0.15) is 17.3 Å². The molecule has 0 aliphatic carbocycles. The van der Waals surface area contributed by atoms with Crippen LogP contribution in [0.25, 0.3) is 0 Å². The zero-order chi connectivity index (χ0) is 14.5. The van der Waals surface area contributed by atoms with E-state index in [2.05, 4.69) is 35.1 Å². The van der Waals surface area contributed by atoms with Gasteiger partial charge < -0.3 is 9.73 Å². The van der Waals surface area contributed by atoms with E-state index in [1.54, 1.807) is 12.1 Å². The van der Waals surface area contributed by atoms with E-state index >= 15 is 0 Å². The van der Waals surface area contributed by atoms with Crippen LogP contribution >= 0.6 is 15.9 Å². The molecule has 0 aliphatic heterocycles. The van der Waals surface area contributed by atoms with Crippen LogP contribution in [0.15, 0.2) is 39.2 Å². The molecule has 0 aliphatic rings. The van der Waals surface area contributed by atoms with Gasteiger partial charge in [0.25, 0.3) is 0 Å². The van der Waals surface area contributed by atoms with E-state index in [0.717, 1.165) is 34.5 Å². The summed E-state index contributed by atoms with van der Waals surface area (Å²) in [4.78, 5) is 0. The van der Waals surface area contributed by atoms with E-state index in [-0.39, 0.29) is 11.9 Å². The molecule has 0 saturated heterocycles. The Morgan fingerprint density at radius 2 is 2.05 bits per heavy atom. The highest BCUT2D eigenvalue weighted by Crippen LogP contribution is 2.26. The van der Waals surface area contributed by atoms with E-state index in [4.69, 9.17) is 4.42 Å². The first kappa shape index (κ1) is 15.3. The number of halogens is 2. The van der Waals surface area contributed by atoms with E-state index in [1.165, 1.54) is 6.07 Å². The summed E-state index contributed by atoms with van der Waals surface area (Å²) in [6.45, 7) is 4.95. The first-order valence-electron chi connectivity index (χ1n) is 6.90. The number of rotatable bonds is 6. The minimum Gasteiger partial charge on any atom is -0.464 e. The lowest BCUT2D eigenvalue weighted by molar-refractivity contribution is 0.396. The fraction of sp³-hybridized carbons (Fsp3) is 0.375. The number of benzene rings is 1. The Bertz CT molecular complexity index is 567. The lowest BCUT2D eigenvalue weighted by Gasteiger charge is -2.16. The van der Waals surface area contributed by atoms with Crippen molar-refractivity contribution in [3.05, 3.63) is 57.7 Å². The van der Waals surface area contributed by atoms with Crippen molar-refractivity contribution in [2.45, 2.75) is 32.7 Å². The summed E-state index contributed by atoms with van der Waals surface area (Å²) in [5.41, 5.74) is 0.936. The zero-order valence-electron chi connectivity index (χ0n) is 11.7. The van der Waals surface area contributed by atoms with Crippen molar-refractivity contribution >= 4 is 15.9 Å². The Balaban J connectivity index is 2.22. The molecule has 20 heavy (non-hydrogen) atoms. The number of likely N-dealkylation sites (N-methyl/N-ethyl adjacent to an activating group) is 1. The normalized spacial score (nSPS) is 12.6. The monoisotopic (exact) mass is 339 g/mol. The van der Waals surface area contributed by atoms with Gasteiger partial charge in [-0.3, -0.25) is 0 Å². The SMILES string of the molecule is CCNC(Cc1cc(F)ccc1Br)c1ccc(CC)o1. The molecular weight excluding hydrogens is 321 g/mol. The van der Waals surface area contributed by atoms with Gasteiger partial charge >= 0.3 is 0 Å². The van der Waals surface area contributed by atoms with Crippen LogP contribution < -0.4 is 5.32 Å². The van der Waals surface area contributed by atoms with Crippen molar-refractivity contribution in [3.63, 3.8) is 0 Å². The van der Waals surface area contributed by atoms with Gasteiger partial charge in [-0.15, -0.1) is 0 Å². The van der Waals surface area contributed by atoms with Gasteiger partial charge in [-0.1, -0.05) is 29.8 Å². The van der Waals surface area contributed by atoms with E-state index in [9.17, 15) is 4.39 Å². The van der Waals surface area contributed by atoms with Crippen LogP contribution in [0.5, 0.6) is 0 Å². The van der Waals surface area contributed by atoms with Gasteiger partial charge in [-0.2, -0.15) is 0 Å². The Morgan fingerprint density at radius 1 is 1.25 bits per heavy atom. The molecule has 1 aromatic heterocycles. The predicted octanol–water partition coefficient (Wildman–Crippen LogP) is 4.64. The molecule has 1 aromatic carbocycles. The molecular formula is C16H19BrFNO. The second kappa shape index (κ2) is 7.04. The number of hydrogen-bond donors (Lipinski definition) is 1. The van der Waals surface area contributed by atoms with Crippen LogP contribution in [-0.2, 0) is 12.8 Å². The minimum atomic E-state index is -0.216. The van der Waals surface area contributed by atoms with Crippen LogP contribution in [0.1, 0.15) is 37.0 Å². The molecule has 2 nitrogen and oxygen atoms in total. The van der Waals surface area contributed by atoms with Gasteiger partial charge in [0, 0.05) is 10.9 Å². The summed E-state index contributed by atoms with van der Waals surface area (Å²) < 4.78 is 20.1. The average Bonchev–Trinajstić information content (AvgIpc) is 2.91. The first-order chi connectivity index (χ1) is 9.63. The smallest absolute Gasteiger partial charge is 0.123 e. The van der Waals surface area contributed by atoms with Gasteiger partial charge in [0.15, 0.2) is 0 Å². The Labute approximate surface area is 127 Å². The van der Waals surface area contributed by atoms with Crippen LogP contribution in [0.4, 0.5) is 4.39 Å². The fourth-order valence-corrected chi connectivity index (χ4v) is 2.62. The number of aryl methyl sites for hydroxylation is 1. The van der Waals surface area contributed by atoms with Crippen molar-refractivity contribution in [2.75, 3.05) is 6.54 Å². The fourth-order valence-electron chi connectivity index (χ4n) is 2.21. The molecule has 0 amide bonds. The largest absolute Gasteiger partial charge is 0.464 e. The van der Waals surface area contributed by atoms with Crippen molar-refractivity contribution in [1.29, 1.82) is 0 Å². The topological polar surface area (TPSA) is 25.2 Å². The molecule has 108 valence electrons. The second-order valence-electron chi connectivity index (χ2n) is 4.71. The summed E-state index contributed by atoms with van der Waals surface area (Å²) in [5.74, 6) is 1.66. The summed E-state index contributed by atoms with van der Waals surface area (Å²) >= 11 is 3.48. The molecule has 0 bridgehead atoms. The third kappa shape index (κ3) is 3.70. The Hall–Kier alpha value is -1.13. The molecule has 4 heteroatoms. The number of hydrogen-bond acceptors (Lipinski definition) is 2. The molecule has 0 fully saturated rings. The predicted molar refractivity (Wildman–Crippen MR) is 82.3 cm³/mol. The van der Waals surface area contributed by atoms with Gasteiger partial charge in [0.2, 0.25) is 0 Å². The lowest BCUT2D eigenvalue weighted by atomic mass is 10.0. The Morgan fingerprint density at radius 3 is 2.70 bits per heavy atom. The van der Waals surface area contributed by atoms with Crippen LogP contribution in [0, 0.1) is 5.82 Å². The highest BCUT2D eigenvalue weighted by Gasteiger charge is 2.17. The third-order valence-corrected chi connectivity index (χ3v) is 4.03. The van der Waals surface area contributed by atoms with Crippen molar-refractivity contribution in [3.8, 4) is 0 Å². The molecule has 2 rings (SSSR count). The molecule has 1 N–H and O–H groups in total. The van der Waals surface area contributed by atoms with E-state index in [1.807, 2.05) is 12.1 Å². The van der Waals surface area contributed by atoms with Crippen LogP contribution in [0.2, 0.25) is 0 Å². The Kier molecular flexibility index (Phi) is 5.38. The summed E-state index contributed by atoms with van der Waals surface area (Å²) in [6, 6.07) is 8.82. The minimum absolute atomic E-state index is 0.0541. The van der Waals surface area contributed by atoms with Gasteiger partial charge in [-0.05, 0) is 48.9 Å². The van der Waals surface area contributed by atoms with Crippen molar-refractivity contribution < 1.29 is 8.81 Å². The maximum atomic E-state index is 13.4. The standard InChI is InChI=1S/C16H19BrFNO/c1-3-13-6-8-16(20-13)15(19-4-2)10-11-9-12(18)5-7-14(11)17/h5-9,15,19H,3-4,10H2,1-2H3. The van der Waals surface area contributed by atoms with Crippen LogP contribution in [-0.4, -0.2) is 6.54 Å².